The number of nitrogens with two attached hydrogens (primary N) is 3. The van der Waals surface area contributed by atoms with Crippen LogP contribution < -0.4 is 21.9 Å². The average molecular weight is 449 g/mol. The number of hydrogen-bond acceptors (Lipinski definition) is 8. The van der Waals surface area contributed by atoms with Gasteiger partial charge in [-0.1, -0.05) is 41.4 Å². The predicted octanol–water partition coefficient (Wildman–Crippen LogP) is 3.52. The molecule has 1 aromatic heterocycles. The summed E-state index contributed by atoms with van der Waals surface area (Å²) >= 11 is 11.9. The van der Waals surface area contributed by atoms with Crippen molar-refractivity contribution in [3.05, 3.63) is 79.3 Å². The van der Waals surface area contributed by atoms with Crippen molar-refractivity contribution in [1.29, 1.82) is 0 Å². The highest BCUT2D eigenvalue weighted by atomic mass is 35.5. The van der Waals surface area contributed by atoms with Crippen molar-refractivity contribution in [1.82, 2.24) is 9.97 Å². The summed E-state index contributed by atoms with van der Waals surface area (Å²) in [6, 6.07) is 12.0. The fourth-order valence-electron chi connectivity index (χ4n) is 3.01. The van der Waals surface area contributed by atoms with Gasteiger partial charge in [0.2, 0.25) is 12.5 Å². The lowest BCUT2D eigenvalue weighted by atomic mass is 9.91. The second-order valence-electron chi connectivity index (χ2n) is 6.44. The number of nitrogen functional groups attached to an aromatic ring is 3. The number of halogens is 2. The van der Waals surface area contributed by atoms with E-state index in [0.717, 1.165) is 5.56 Å². The van der Waals surface area contributed by atoms with E-state index in [9.17, 15) is 10.1 Å². The van der Waals surface area contributed by atoms with E-state index in [1.807, 2.05) is 0 Å². The molecule has 1 unspecified atom stereocenters. The van der Waals surface area contributed by atoms with E-state index >= 15 is 0 Å². The molecule has 0 aliphatic rings. The van der Waals surface area contributed by atoms with Gasteiger partial charge in [0, 0.05) is 4.92 Å². The van der Waals surface area contributed by atoms with Crippen LogP contribution >= 0.6 is 23.2 Å². The third-order valence-electron chi connectivity index (χ3n) is 4.35. The van der Waals surface area contributed by atoms with Gasteiger partial charge in [0.15, 0.2) is 0 Å². The number of nitro groups is 1. The van der Waals surface area contributed by atoms with Crippen molar-refractivity contribution in [2.24, 2.45) is 0 Å². The quantitative estimate of drug-likeness (QED) is 0.365. The van der Waals surface area contributed by atoms with Gasteiger partial charge in [-0.05, 0) is 35.4 Å². The Labute approximate surface area is 181 Å². The summed E-state index contributed by atoms with van der Waals surface area (Å²) < 4.78 is 5.81. The zero-order valence-electron chi connectivity index (χ0n) is 15.6. The van der Waals surface area contributed by atoms with Gasteiger partial charge in [0.05, 0.1) is 21.5 Å². The Balaban J connectivity index is 1.90. The molecule has 6 N–H and O–H groups in total. The number of nitrogens with zero attached hydrogens (tertiary/aromatic N) is 3. The Morgan fingerprint density at radius 2 is 1.73 bits per heavy atom. The molecule has 0 saturated carbocycles. The molecule has 0 aliphatic heterocycles. The summed E-state index contributed by atoms with van der Waals surface area (Å²) in [4.78, 5) is 18.6. The molecule has 0 amide bonds. The van der Waals surface area contributed by atoms with Gasteiger partial charge in [-0.3, -0.25) is 10.1 Å². The lowest BCUT2D eigenvalue weighted by molar-refractivity contribution is -0.481. The van der Waals surface area contributed by atoms with Crippen molar-refractivity contribution in [3.63, 3.8) is 0 Å². The van der Waals surface area contributed by atoms with Crippen LogP contribution in [-0.4, -0.2) is 21.4 Å². The summed E-state index contributed by atoms with van der Waals surface area (Å²) in [6.07, 6.45) is 0. The third kappa shape index (κ3) is 5.00. The minimum absolute atomic E-state index is 0.00558. The second-order valence-corrected chi connectivity index (χ2v) is 7.26. The van der Waals surface area contributed by atoms with Crippen LogP contribution in [0.1, 0.15) is 22.6 Å². The van der Waals surface area contributed by atoms with Crippen molar-refractivity contribution in [2.75, 3.05) is 23.7 Å². The summed E-state index contributed by atoms with van der Waals surface area (Å²) in [7, 11) is 0. The van der Waals surface area contributed by atoms with E-state index in [-0.39, 0.29) is 29.8 Å². The molecule has 0 bridgehead atoms. The zero-order chi connectivity index (χ0) is 21.8. The van der Waals surface area contributed by atoms with Crippen LogP contribution in [0.3, 0.4) is 0 Å². The largest absolute Gasteiger partial charge is 0.489 e. The first-order valence-electron chi connectivity index (χ1n) is 8.71. The topological polar surface area (TPSA) is 156 Å². The van der Waals surface area contributed by atoms with E-state index in [0.29, 0.717) is 21.4 Å². The summed E-state index contributed by atoms with van der Waals surface area (Å²) in [5.41, 5.74) is 19.1. The fraction of sp³-hybridized carbons (Fsp3) is 0.158. The molecule has 3 rings (SSSR count). The van der Waals surface area contributed by atoms with Crippen molar-refractivity contribution < 1.29 is 9.66 Å². The Bertz CT molecular complexity index is 1070. The number of aromatic nitrogens is 2. The van der Waals surface area contributed by atoms with Gasteiger partial charge in [0.1, 0.15) is 24.0 Å². The van der Waals surface area contributed by atoms with Crippen LogP contribution in [0.2, 0.25) is 10.0 Å². The Morgan fingerprint density at radius 3 is 2.37 bits per heavy atom. The van der Waals surface area contributed by atoms with Crippen LogP contribution in [-0.2, 0) is 6.61 Å². The highest BCUT2D eigenvalue weighted by molar-refractivity contribution is 6.42. The highest BCUT2D eigenvalue weighted by Gasteiger charge is 2.27. The minimum atomic E-state index is -0.783. The third-order valence-corrected chi connectivity index (χ3v) is 5.09. The van der Waals surface area contributed by atoms with Gasteiger partial charge in [0.25, 0.3) is 0 Å². The molecule has 0 spiro atoms. The first-order valence-corrected chi connectivity index (χ1v) is 9.47. The van der Waals surface area contributed by atoms with E-state index in [1.165, 1.54) is 0 Å². The monoisotopic (exact) mass is 448 g/mol. The van der Waals surface area contributed by atoms with E-state index in [4.69, 9.17) is 45.1 Å². The van der Waals surface area contributed by atoms with Gasteiger partial charge < -0.3 is 21.9 Å². The predicted molar refractivity (Wildman–Crippen MR) is 116 cm³/mol. The van der Waals surface area contributed by atoms with Crippen LogP contribution in [0.25, 0.3) is 0 Å². The van der Waals surface area contributed by atoms with Crippen LogP contribution in [0.15, 0.2) is 42.5 Å². The lowest BCUT2D eigenvalue weighted by Crippen LogP contribution is -2.19. The standard InChI is InChI=1S/C19H18Cl2N6O3/c20-14-5-4-10(6-15(14)21)9-30-12-3-1-2-11(7-12)13(8-27(28)29)16-17(22)25-19(24)26-18(16)23/h1-7,13H,8-9H2,(H6,22,23,24,25,26). The lowest BCUT2D eigenvalue weighted by Gasteiger charge is -2.18. The number of anilines is 3. The number of benzene rings is 2. The van der Waals surface area contributed by atoms with Gasteiger partial charge in [-0.25, -0.2) is 0 Å². The molecule has 1 heterocycles. The first kappa shape index (κ1) is 21.4. The van der Waals surface area contributed by atoms with Crippen LogP contribution in [0.4, 0.5) is 17.6 Å². The first-order chi connectivity index (χ1) is 14.2. The number of hydrogen-bond donors (Lipinski definition) is 3. The Morgan fingerprint density at radius 1 is 1.03 bits per heavy atom. The van der Waals surface area contributed by atoms with E-state index < -0.39 is 17.4 Å². The molecule has 0 radical (unpaired) electrons. The van der Waals surface area contributed by atoms with Crippen molar-refractivity contribution in [2.45, 2.75) is 12.5 Å². The summed E-state index contributed by atoms with van der Waals surface area (Å²) in [5.74, 6) is -0.398. The van der Waals surface area contributed by atoms with Gasteiger partial charge in [-0.2, -0.15) is 9.97 Å². The smallest absolute Gasteiger partial charge is 0.223 e. The SMILES string of the molecule is Nc1nc(N)c(C(C[N+](=O)[O-])c2cccc(OCc3ccc(Cl)c(Cl)c3)c2)c(N)n1. The molecule has 0 saturated heterocycles. The molecule has 3 aromatic rings. The number of ether oxygens (including phenoxy) is 1. The van der Waals surface area contributed by atoms with Gasteiger partial charge >= 0.3 is 0 Å². The van der Waals surface area contributed by atoms with Crippen molar-refractivity contribution >= 4 is 40.8 Å². The van der Waals surface area contributed by atoms with E-state index in [2.05, 4.69) is 9.97 Å². The molecule has 9 nitrogen and oxygen atoms in total. The maximum atomic E-state index is 11.3. The summed E-state index contributed by atoms with van der Waals surface area (Å²) in [5, 5.41) is 12.2. The van der Waals surface area contributed by atoms with Crippen LogP contribution in [0.5, 0.6) is 5.75 Å². The minimum Gasteiger partial charge on any atom is -0.489 e. The van der Waals surface area contributed by atoms with E-state index in [1.54, 1.807) is 42.5 Å². The summed E-state index contributed by atoms with van der Waals surface area (Å²) in [6.45, 7) is -0.229. The second kappa shape index (κ2) is 9.02. The molecule has 11 heteroatoms. The molecule has 30 heavy (non-hydrogen) atoms. The molecular formula is C19H18Cl2N6O3. The Hall–Kier alpha value is -3.30. The molecule has 2 aromatic carbocycles. The normalized spacial score (nSPS) is 11.8. The Kier molecular flexibility index (Phi) is 6.43. The fourth-order valence-corrected chi connectivity index (χ4v) is 3.33. The van der Waals surface area contributed by atoms with Crippen LogP contribution in [0, 0.1) is 10.1 Å². The molecule has 156 valence electrons. The van der Waals surface area contributed by atoms with Gasteiger partial charge in [-0.15, -0.1) is 0 Å². The molecule has 0 aliphatic carbocycles. The zero-order valence-corrected chi connectivity index (χ0v) is 17.1. The highest BCUT2D eigenvalue weighted by Crippen LogP contribution is 2.34. The average Bonchev–Trinajstić information content (AvgIpc) is 2.67. The molecular weight excluding hydrogens is 431 g/mol. The number of rotatable bonds is 7. The van der Waals surface area contributed by atoms with Crippen molar-refractivity contribution in [3.8, 4) is 5.75 Å². The molecule has 1 atom stereocenters. The maximum Gasteiger partial charge on any atom is 0.223 e. The molecule has 0 fully saturated rings. The maximum absolute atomic E-state index is 11.3.